The molecule has 0 saturated carbocycles. The Bertz CT molecular complexity index is 155. The van der Waals surface area contributed by atoms with E-state index in [2.05, 4.69) is 0 Å². The molecule has 0 saturated heterocycles. The average Bonchev–Trinajstić information content (AvgIpc) is 2.19. The topological polar surface area (TPSA) is 80.9 Å². The summed E-state index contributed by atoms with van der Waals surface area (Å²) in [5.74, 6) is 0.456. The Balaban J connectivity index is 0. The van der Waals surface area contributed by atoms with Crippen LogP contribution in [0.2, 0.25) is 0 Å². The first kappa shape index (κ1) is 19.2. The number of aliphatic hydroxyl groups excluding tert-OH is 4. The monoisotopic (exact) mass is 250 g/mol. The van der Waals surface area contributed by atoms with Crippen LogP contribution in [-0.4, -0.2) is 46.9 Å². The van der Waals surface area contributed by atoms with Gasteiger partial charge in [-0.2, -0.15) is 0 Å². The highest BCUT2D eigenvalue weighted by Crippen LogP contribution is 2.24. The van der Waals surface area contributed by atoms with Gasteiger partial charge < -0.3 is 20.4 Å². The van der Waals surface area contributed by atoms with Crippen molar-refractivity contribution in [2.45, 2.75) is 34.6 Å². The normalized spacial score (nSPS) is 12.0. The Morgan fingerprint density at radius 1 is 0.765 bits per heavy atom. The molecular weight excluding hydrogens is 220 g/mol. The number of hydrogen-bond acceptors (Lipinski definition) is 4. The van der Waals surface area contributed by atoms with Gasteiger partial charge in [-0.15, -0.1) is 0 Å². The molecule has 0 aromatic heterocycles. The lowest BCUT2D eigenvalue weighted by molar-refractivity contribution is 0.0721. The highest BCUT2D eigenvalue weighted by molar-refractivity contribution is 4.71. The summed E-state index contributed by atoms with van der Waals surface area (Å²) in [5, 5.41) is 34.5. The van der Waals surface area contributed by atoms with Crippen molar-refractivity contribution in [2.24, 2.45) is 23.2 Å². The highest BCUT2D eigenvalue weighted by atomic mass is 16.3. The van der Waals surface area contributed by atoms with E-state index in [1.807, 2.05) is 34.6 Å². The SMILES string of the molecule is CC(C)(C)C(CO)CO.CC(C)C(CO)CO. The summed E-state index contributed by atoms with van der Waals surface area (Å²) in [7, 11) is 0. The minimum atomic E-state index is 0.0116. The van der Waals surface area contributed by atoms with Crippen LogP contribution in [0, 0.1) is 23.2 Å². The van der Waals surface area contributed by atoms with Gasteiger partial charge in [-0.05, 0) is 11.3 Å². The second-order valence-electron chi connectivity index (χ2n) is 5.80. The van der Waals surface area contributed by atoms with Crippen LogP contribution >= 0.6 is 0 Å². The van der Waals surface area contributed by atoms with E-state index in [0.29, 0.717) is 5.92 Å². The van der Waals surface area contributed by atoms with Gasteiger partial charge in [-0.25, -0.2) is 0 Å². The van der Waals surface area contributed by atoms with Crippen molar-refractivity contribution in [3.8, 4) is 0 Å². The third-order valence-corrected chi connectivity index (χ3v) is 3.08. The maximum atomic E-state index is 8.70. The van der Waals surface area contributed by atoms with E-state index < -0.39 is 0 Å². The fourth-order valence-corrected chi connectivity index (χ4v) is 1.08. The van der Waals surface area contributed by atoms with Gasteiger partial charge in [0.05, 0.1) is 0 Å². The van der Waals surface area contributed by atoms with Crippen molar-refractivity contribution < 1.29 is 20.4 Å². The number of aliphatic hydroxyl groups is 4. The van der Waals surface area contributed by atoms with Gasteiger partial charge in [-0.3, -0.25) is 0 Å². The molecule has 0 aromatic rings. The average molecular weight is 250 g/mol. The fraction of sp³-hybridized carbons (Fsp3) is 1.00. The molecule has 0 amide bonds. The van der Waals surface area contributed by atoms with Crippen LogP contribution in [0.15, 0.2) is 0 Å². The zero-order valence-corrected chi connectivity index (χ0v) is 11.8. The summed E-state index contributed by atoms with van der Waals surface area (Å²) in [6.45, 7) is 10.3. The first-order valence-electron chi connectivity index (χ1n) is 6.17. The lowest BCUT2D eigenvalue weighted by atomic mass is 9.82. The molecule has 0 spiro atoms. The van der Waals surface area contributed by atoms with E-state index >= 15 is 0 Å². The van der Waals surface area contributed by atoms with Gasteiger partial charge >= 0.3 is 0 Å². The van der Waals surface area contributed by atoms with E-state index in [4.69, 9.17) is 20.4 Å². The Morgan fingerprint density at radius 3 is 1.12 bits per heavy atom. The molecule has 17 heavy (non-hydrogen) atoms. The van der Waals surface area contributed by atoms with Crippen LogP contribution in [0.25, 0.3) is 0 Å². The Morgan fingerprint density at radius 2 is 1.12 bits per heavy atom. The van der Waals surface area contributed by atoms with Crippen molar-refractivity contribution >= 4 is 0 Å². The van der Waals surface area contributed by atoms with Gasteiger partial charge in [0.25, 0.3) is 0 Å². The largest absolute Gasteiger partial charge is 0.396 e. The summed E-state index contributed by atoms with van der Waals surface area (Å²) < 4.78 is 0. The third-order valence-electron chi connectivity index (χ3n) is 3.08. The van der Waals surface area contributed by atoms with Crippen LogP contribution in [0.4, 0.5) is 0 Å². The molecule has 0 rings (SSSR count). The van der Waals surface area contributed by atoms with Crippen LogP contribution in [-0.2, 0) is 0 Å². The summed E-state index contributed by atoms with van der Waals surface area (Å²) in [6, 6.07) is 0. The summed E-state index contributed by atoms with van der Waals surface area (Å²) in [6.07, 6.45) is 0. The Kier molecular flexibility index (Phi) is 11.1. The third kappa shape index (κ3) is 9.53. The molecule has 0 bridgehead atoms. The van der Waals surface area contributed by atoms with Crippen molar-refractivity contribution in [1.29, 1.82) is 0 Å². The number of rotatable bonds is 5. The zero-order chi connectivity index (χ0) is 14.1. The lowest BCUT2D eigenvalue weighted by Gasteiger charge is -2.26. The molecule has 106 valence electrons. The minimum Gasteiger partial charge on any atom is -0.396 e. The molecule has 4 N–H and O–H groups in total. The summed E-state index contributed by atoms with van der Waals surface area (Å²) >= 11 is 0. The molecule has 4 nitrogen and oxygen atoms in total. The van der Waals surface area contributed by atoms with Gasteiger partial charge in [0.1, 0.15) is 0 Å². The second kappa shape index (κ2) is 9.83. The van der Waals surface area contributed by atoms with E-state index in [-0.39, 0.29) is 43.7 Å². The van der Waals surface area contributed by atoms with Crippen LogP contribution in [0.1, 0.15) is 34.6 Å². The molecule has 4 heteroatoms. The van der Waals surface area contributed by atoms with Crippen LogP contribution < -0.4 is 0 Å². The molecule has 0 heterocycles. The van der Waals surface area contributed by atoms with Crippen molar-refractivity contribution in [3.63, 3.8) is 0 Å². The molecule has 0 fully saturated rings. The smallest absolute Gasteiger partial charge is 0.0486 e. The van der Waals surface area contributed by atoms with Gasteiger partial charge in [0.15, 0.2) is 0 Å². The summed E-state index contributed by atoms with van der Waals surface area (Å²) in [5.41, 5.74) is 0.0174. The van der Waals surface area contributed by atoms with Gasteiger partial charge in [0.2, 0.25) is 0 Å². The van der Waals surface area contributed by atoms with E-state index in [1.165, 1.54) is 0 Å². The quantitative estimate of drug-likeness (QED) is 0.584. The van der Waals surface area contributed by atoms with Crippen LogP contribution in [0.3, 0.4) is 0 Å². The van der Waals surface area contributed by atoms with Crippen molar-refractivity contribution in [2.75, 3.05) is 26.4 Å². The zero-order valence-electron chi connectivity index (χ0n) is 11.8. The maximum Gasteiger partial charge on any atom is 0.0486 e. The first-order valence-corrected chi connectivity index (χ1v) is 6.17. The standard InChI is InChI=1S/C7H16O2.C6H14O2/c1-7(2,3)6(4-8)5-9;1-5(2)6(3-7)4-8/h6,8-9H,4-5H2,1-3H3;5-8H,3-4H2,1-2H3. The number of hydrogen-bond donors (Lipinski definition) is 4. The van der Waals surface area contributed by atoms with E-state index in [1.54, 1.807) is 0 Å². The van der Waals surface area contributed by atoms with Crippen molar-refractivity contribution in [3.05, 3.63) is 0 Å². The Hall–Kier alpha value is -0.160. The van der Waals surface area contributed by atoms with Gasteiger partial charge in [0, 0.05) is 38.3 Å². The van der Waals surface area contributed by atoms with Gasteiger partial charge in [-0.1, -0.05) is 34.6 Å². The van der Waals surface area contributed by atoms with Crippen molar-refractivity contribution in [1.82, 2.24) is 0 Å². The molecular formula is C13H30O4. The first-order chi connectivity index (χ1) is 7.74. The van der Waals surface area contributed by atoms with Crippen LogP contribution in [0.5, 0.6) is 0 Å². The maximum absolute atomic E-state index is 8.70. The molecule has 0 aliphatic rings. The predicted octanol–water partition coefficient (Wildman–Crippen LogP) is 0.876. The molecule has 0 aromatic carbocycles. The lowest BCUT2D eigenvalue weighted by Crippen LogP contribution is -2.26. The van der Waals surface area contributed by atoms with E-state index in [9.17, 15) is 0 Å². The molecule has 0 atom stereocenters. The Labute approximate surface area is 105 Å². The fourth-order valence-electron chi connectivity index (χ4n) is 1.08. The molecule has 0 unspecified atom stereocenters. The molecule has 0 radical (unpaired) electrons. The van der Waals surface area contributed by atoms with E-state index in [0.717, 1.165) is 0 Å². The predicted molar refractivity (Wildman–Crippen MR) is 69.6 cm³/mol. The molecule has 0 aliphatic carbocycles. The minimum absolute atomic E-state index is 0.0116. The molecule has 0 aliphatic heterocycles. The highest BCUT2D eigenvalue weighted by Gasteiger charge is 2.22. The summed E-state index contributed by atoms with van der Waals surface area (Å²) in [4.78, 5) is 0. The second-order valence-corrected chi connectivity index (χ2v) is 5.80.